The molecule has 0 saturated carbocycles. The van der Waals surface area contributed by atoms with Crippen LogP contribution < -0.4 is 19.7 Å². The molecule has 0 aliphatic carbocycles. The molecule has 9 heteroatoms. The van der Waals surface area contributed by atoms with Crippen molar-refractivity contribution in [2.75, 3.05) is 18.6 Å². The Morgan fingerprint density at radius 1 is 1.19 bits per heavy atom. The summed E-state index contributed by atoms with van der Waals surface area (Å²) in [5.74, 6) is 5.16. The third-order valence-corrected chi connectivity index (χ3v) is 5.16. The molecule has 184 valence electrons. The molecular formula is C27H25FN4O4. The Morgan fingerprint density at radius 3 is 2.75 bits per heavy atom. The van der Waals surface area contributed by atoms with Crippen molar-refractivity contribution in [2.45, 2.75) is 26.8 Å². The largest absolute Gasteiger partial charge is 0.489 e. The fraction of sp³-hybridized carbons (Fsp3) is 0.259. The molecule has 0 radical (unpaired) electrons. The van der Waals surface area contributed by atoms with E-state index in [1.165, 1.54) is 41.6 Å². The zero-order valence-electron chi connectivity index (χ0n) is 20.3. The summed E-state index contributed by atoms with van der Waals surface area (Å²) in [5.41, 5.74) is 1.14. The molecule has 1 aliphatic heterocycles. The number of carbonyl (C=O) groups excluding carboxylic acids is 2. The number of amides is 2. The first kappa shape index (κ1) is 24.7. The van der Waals surface area contributed by atoms with Gasteiger partial charge in [-0.2, -0.15) is 4.39 Å². The summed E-state index contributed by atoms with van der Waals surface area (Å²) in [5, 5.41) is 2.66. The van der Waals surface area contributed by atoms with Gasteiger partial charge in [-0.25, -0.2) is 4.98 Å². The smallest absolute Gasteiger partial charge is 0.270 e. The number of fused-ring (bicyclic) bond motifs is 1. The topological polar surface area (TPSA) is 93.7 Å². The van der Waals surface area contributed by atoms with Crippen LogP contribution in [0.25, 0.3) is 0 Å². The lowest BCUT2D eigenvalue weighted by Crippen LogP contribution is -2.49. The van der Waals surface area contributed by atoms with Gasteiger partial charge in [-0.15, -0.1) is 0 Å². The summed E-state index contributed by atoms with van der Waals surface area (Å²) in [7, 11) is 1.62. The minimum atomic E-state index is -0.957. The summed E-state index contributed by atoms with van der Waals surface area (Å²) in [6.45, 7) is 5.99. The van der Waals surface area contributed by atoms with Gasteiger partial charge in [0.15, 0.2) is 5.75 Å². The van der Waals surface area contributed by atoms with Crippen molar-refractivity contribution < 1.29 is 23.5 Å². The first-order chi connectivity index (χ1) is 17.1. The van der Waals surface area contributed by atoms with Crippen molar-refractivity contribution in [3.05, 3.63) is 72.1 Å². The maximum absolute atomic E-state index is 13.8. The normalized spacial score (nSPS) is 15.1. The first-order valence-corrected chi connectivity index (χ1v) is 11.2. The van der Waals surface area contributed by atoms with E-state index in [2.05, 4.69) is 27.1 Å². The van der Waals surface area contributed by atoms with Crippen LogP contribution in [-0.4, -0.2) is 41.5 Å². The molecule has 0 bridgehead atoms. The van der Waals surface area contributed by atoms with Crippen LogP contribution in [0.15, 0.2) is 54.9 Å². The van der Waals surface area contributed by atoms with Crippen LogP contribution in [0.3, 0.4) is 0 Å². The second-order valence-electron chi connectivity index (χ2n) is 9.19. The molecule has 0 fully saturated rings. The summed E-state index contributed by atoms with van der Waals surface area (Å²) in [4.78, 5) is 35.1. The van der Waals surface area contributed by atoms with Crippen LogP contribution >= 0.6 is 0 Å². The number of benzene rings is 1. The molecule has 0 spiro atoms. The van der Waals surface area contributed by atoms with Gasteiger partial charge in [-0.05, 0) is 57.2 Å². The molecule has 2 amide bonds. The van der Waals surface area contributed by atoms with Crippen molar-refractivity contribution in [1.82, 2.24) is 15.3 Å². The lowest BCUT2D eigenvalue weighted by Gasteiger charge is -2.20. The van der Waals surface area contributed by atoms with Gasteiger partial charge in [0.2, 0.25) is 0 Å². The number of likely N-dealkylation sites (N-methyl/N-ethyl adjacent to an activating group) is 1. The monoisotopic (exact) mass is 488 g/mol. The third kappa shape index (κ3) is 5.78. The Bertz CT molecular complexity index is 1370. The minimum absolute atomic E-state index is 0.00578. The van der Waals surface area contributed by atoms with Crippen molar-refractivity contribution in [3.8, 4) is 29.1 Å². The maximum atomic E-state index is 13.8. The van der Waals surface area contributed by atoms with E-state index in [0.717, 1.165) is 5.56 Å². The van der Waals surface area contributed by atoms with Gasteiger partial charge in [0, 0.05) is 36.5 Å². The highest BCUT2D eigenvalue weighted by atomic mass is 19.1. The summed E-state index contributed by atoms with van der Waals surface area (Å²) < 4.78 is 25.1. The van der Waals surface area contributed by atoms with Crippen molar-refractivity contribution >= 4 is 17.5 Å². The maximum Gasteiger partial charge on any atom is 0.270 e. The summed E-state index contributed by atoms with van der Waals surface area (Å²) in [6.07, 6.45) is 2.65. The molecule has 4 rings (SSSR count). The highest BCUT2D eigenvalue weighted by Gasteiger charge is 2.31. The molecule has 8 nitrogen and oxygen atoms in total. The Morgan fingerprint density at radius 2 is 2.00 bits per heavy atom. The molecule has 3 heterocycles. The van der Waals surface area contributed by atoms with Gasteiger partial charge in [-0.1, -0.05) is 11.8 Å². The molecule has 2 aromatic heterocycles. The van der Waals surface area contributed by atoms with E-state index in [9.17, 15) is 14.0 Å². The van der Waals surface area contributed by atoms with Gasteiger partial charge < -0.3 is 19.7 Å². The predicted octanol–water partition coefficient (Wildman–Crippen LogP) is 3.96. The van der Waals surface area contributed by atoms with Crippen LogP contribution in [0.4, 0.5) is 10.1 Å². The van der Waals surface area contributed by atoms with Gasteiger partial charge in [0.1, 0.15) is 29.8 Å². The molecule has 1 aliphatic rings. The zero-order chi connectivity index (χ0) is 25.9. The Balaban J connectivity index is 1.49. The van der Waals surface area contributed by atoms with Gasteiger partial charge in [-0.3, -0.25) is 14.6 Å². The molecule has 1 unspecified atom stereocenters. The molecular weight excluding hydrogens is 463 g/mol. The van der Waals surface area contributed by atoms with E-state index in [4.69, 9.17) is 9.47 Å². The SMILES string of the molecule is CN1C(=O)C(NC(=O)c2cc(Oc3cccnc3F)ccn2)COc2ccc(C#CC(C)(C)C)cc21. The number of ether oxygens (including phenoxy) is 2. The number of nitrogens with zero attached hydrogens (tertiary/aromatic N) is 3. The molecule has 1 atom stereocenters. The minimum Gasteiger partial charge on any atom is -0.489 e. The van der Waals surface area contributed by atoms with E-state index in [0.29, 0.717) is 11.4 Å². The van der Waals surface area contributed by atoms with Crippen molar-refractivity contribution in [2.24, 2.45) is 5.41 Å². The van der Waals surface area contributed by atoms with Crippen LogP contribution in [0.5, 0.6) is 17.2 Å². The van der Waals surface area contributed by atoms with E-state index in [-0.39, 0.29) is 35.1 Å². The average Bonchev–Trinajstić information content (AvgIpc) is 2.96. The fourth-order valence-corrected chi connectivity index (χ4v) is 3.34. The first-order valence-electron chi connectivity index (χ1n) is 11.2. The second-order valence-corrected chi connectivity index (χ2v) is 9.19. The lowest BCUT2D eigenvalue weighted by molar-refractivity contribution is -0.120. The number of rotatable bonds is 4. The highest BCUT2D eigenvalue weighted by Crippen LogP contribution is 2.32. The van der Waals surface area contributed by atoms with Crippen LogP contribution in [0.1, 0.15) is 36.8 Å². The Hall–Kier alpha value is -4.45. The number of pyridine rings is 2. The number of hydrogen-bond acceptors (Lipinski definition) is 6. The molecule has 1 aromatic carbocycles. The van der Waals surface area contributed by atoms with Crippen LogP contribution in [0, 0.1) is 23.2 Å². The second kappa shape index (κ2) is 10.0. The van der Waals surface area contributed by atoms with E-state index in [1.807, 2.05) is 26.8 Å². The number of anilines is 1. The molecule has 3 aromatic rings. The highest BCUT2D eigenvalue weighted by molar-refractivity contribution is 6.03. The number of hydrogen-bond donors (Lipinski definition) is 1. The van der Waals surface area contributed by atoms with Crippen molar-refractivity contribution in [3.63, 3.8) is 0 Å². The number of carbonyl (C=O) groups is 2. The fourth-order valence-electron chi connectivity index (χ4n) is 3.34. The van der Waals surface area contributed by atoms with Crippen LogP contribution in [-0.2, 0) is 4.79 Å². The zero-order valence-corrected chi connectivity index (χ0v) is 20.3. The molecule has 1 N–H and O–H groups in total. The van der Waals surface area contributed by atoms with Gasteiger partial charge >= 0.3 is 0 Å². The number of nitrogens with one attached hydrogen (secondary N) is 1. The van der Waals surface area contributed by atoms with E-state index >= 15 is 0 Å². The Labute approximate surface area is 208 Å². The standard InChI is InChI=1S/C27H25FN4O4/c1-27(2,3)11-9-17-7-8-22-21(14-17)32(4)26(34)20(16-35-22)31-25(33)19-15-18(10-13-29-19)36-23-6-5-12-30-24(23)28/h5-8,10,12-15,20H,16H2,1-4H3,(H,31,33). The predicted molar refractivity (Wildman–Crippen MR) is 131 cm³/mol. The summed E-state index contributed by atoms with van der Waals surface area (Å²) >= 11 is 0. The average molecular weight is 489 g/mol. The Kier molecular flexibility index (Phi) is 6.88. The van der Waals surface area contributed by atoms with Gasteiger partial charge in [0.05, 0.1) is 5.69 Å². The molecule has 0 saturated heterocycles. The van der Waals surface area contributed by atoms with E-state index < -0.39 is 17.9 Å². The third-order valence-electron chi connectivity index (χ3n) is 5.16. The molecule has 36 heavy (non-hydrogen) atoms. The number of halogens is 1. The van der Waals surface area contributed by atoms with Gasteiger partial charge in [0.25, 0.3) is 17.8 Å². The van der Waals surface area contributed by atoms with E-state index in [1.54, 1.807) is 19.2 Å². The van der Waals surface area contributed by atoms with Crippen LogP contribution in [0.2, 0.25) is 0 Å². The summed E-state index contributed by atoms with van der Waals surface area (Å²) in [6, 6.07) is 10.2. The van der Waals surface area contributed by atoms with Crippen molar-refractivity contribution in [1.29, 1.82) is 0 Å². The lowest BCUT2D eigenvalue weighted by atomic mass is 9.97. The number of aromatic nitrogens is 2. The quantitative estimate of drug-likeness (QED) is 0.441.